The molecule has 3 unspecified atom stereocenters. The SMILES string of the molecule is CCC1NC(c2ccccc2)N(C(CC)CSC)C1=O. The van der Waals surface area contributed by atoms with Gasteiger partial charge in [0.1, 0.15) is 6.17 Å². The molecule has 0 saturated carbocycles. The molecule has 1 heterocycles. The van der Waals surface area contributed by atoms with Crippen molar-refractivity contribution in [3.63, 3.8) is 0 Å². The lowest BCUT2D eigenvalue weighted by atomic mass is 10.1. The summed E-state index contributed by atoms with van der Waals surface area (Å²) in [5, 5.41) is 3.50. The zero-order valence-corrected chi connectivity index (χ0v) is 13.3. The molecule has 4 heteroatoms. The van der Waals surface area contributed by atoms with Gasteiger partial charge in [-0.25, -0.2) is 0 Å². The molecule has 1 fully saturated rings. The Hall–Kier alpha value is -1.00. The Kier molecular flexibility index (Phi) is 5.49. The van der Waals surface area contributed by atoms with Gasteiger partial charge in [0.2, 0.25) is 5.91 Å². The molecule has 20 heavy (non-hydrogen) atoms. The highest BCUT2D eigenvalue weighted by Gasteiger charge is 2.41. The van der Waals surface area contributed by atoms with Crippen LogP contribution in [0.3, 0.4) is 0 Å². The molecule has 0 aromatic heterocycles. The smallest absolute Gasteiger partial charge is 0.241 e. The minimum Gasteiger partial charge on any atom is -0.318 e. The van der Waals surface area contributed by atoms with E-state index in [2.05, 4.69) is 42.5 Å². The van der Waals surface area contributed by atoms with Crippen molar-refractivity contribution < 1.29 is 4.79 Å². The van der Waals surface area contributed by atoms with E-state index in [0.717, 1.165) is 18.6 Å². The van der Waals surface area contributed by atoms with Gasteiger partial charge in [-0.15, -0.1) is 0 Å². The molecule has 1 amide bonds. The van der Waals surface area contributed by atoms with Gasteiger partial charge in [-0.1, -0.05) is 44.2 Å². The van der Waals surface area contributed by atoms with E-state index in [4.69, 9.17) is 0 Å². The first-order valence-corrected chi connectivity index (χ1v) is 8.74. The summed E-state index contributed by atoms with van der Waals surface area (Å²) < 4.78 is 0. The Morgan fingerprint density at radius 2 is 2.00 bits per heavy atom. The number of nitrogens with zero attached hydrogens (tertiary/aromatic N) is 1. The van der Waals surface area contributed by atoms with E-state index in [0.29, 0.717) is 6.04 Å². The number of amides is 1. The van der Waals surface area contributed by atoms with E-state index < -0.39 is 0 Å². The van der Waals surface area contributed by atoms with Crippen molar-refractivity contribution in [1.29, 1.82) is 0 Å². The molecule has 2 rings (SSSR count). The fraction of sp³-hybridized carbons (Fsp3) is 0.562. The molecule has 1 aromatic rings. The van der Waals surface area contributed by atoms with E-state index in [1.54, 1.807) is 0 Å². The zero-order valence-electron chi connectivity index (χ0n) is 12.5. The standard InChI is InChI=1S/C16H24N2OS/c1-4-13(11-20-3)18-15(12-9-7-6-8-10-12)17-14(5-2)16(18)19/h6-10,13-15,17H,4-5,11H2,1-3H3. The number of thioether (sulfide) groups is 1. The van der Waals surface area contributed by atoms with Crippen LogP contribution in [0.2, 0.25) is 0 Å². The van der Waals surface area contributed by atoms with Crippen LogP contribution in [-0.2, 0) is 4.79 Å². The molecule has 0 spiro atoms. The van der Waals surface area contributed by atoms with Gasteiger partial charge < -0.3 is 4.90 Å². The monoisotopic (exact) mass is 292 g/mol. The highest BCUT2D eigenvalue weighted by Crippen LogP contribution is 2.30. The number of carbonyl (C=O) groups is 1. The van der Waals surface area contributed by atoms with Crippen molar-refractivity contribution in [2.45, 2.75) is 44.9 Å². The lowest BCUT2D eigenvalue weighted by Crippen LogP contribution is -2.41. The van der Waals surface area contributed by atoms with Crippen molar-refractivity contribution in [3.05, 3.63) is 35.9 Å². The molecule has 3 atom stereocenters. The average molecular weight is 292 g/mol. The van der Waals surface area contributed by atoms with Crippen molar-refractivity contribution in [3.8, 4) is 0 Å². The molecule has 0 bridgehead atoms. The highest BCUT2D eigenvalue weighted by molar-refractivity contribution is 7.98. The topological polar surface area (TPSA) is 32.3 Å². The predicted octanol–water partition coefficient (Wildman–Crippen LogP) is 3.04. The van der Waals surface area contributed by atoms with Crippen LogP contribution >= 0.6 is 11.8 Å². The molecular formula is C16H24N2OS. The number of nitrogens with one attached hydrogen (secondary N) is 1. The second-order valence-electron chi connectivity index (χ2n) is 5.20. The first-order valence-electron chi connectivity index (χ1n) is 7.35. The van der Waals surface area contributed by atoms with Gasteiger partial charge in [-0.2, -0.15) is 11.8 Å². The van der Waals surface area contributed by atoms with E-state index in [1.807, 2.05) is 30.0 Å². The van der Waals surface area contributed by atoms with Crippen LogP contribution in [0.4, 0.5) is 0 Å². The van der Waals surface area contributed by atoms with Gasteiger partial charge in [0.15, 0.2) is 0 Å². The number of rotatable bonds is 6. The molecular weight excluding hydrogens is 268 g/mol. The van der Waals surface area contributed by atoms with Crippen LogP contribution in [0, 0.1) is 0 Å². The summed E-state index contributed by atoms with van der Waals surface area (Å²) in [6.07, 6.45) is 3.96. The van der Waals surface area contributed by atoms with Crippen LogP contribution in [0.15, 0.2) is 30.3 Å². The summed E-state index contributed by atoms with van der Waals surface area (Å²) in [4.78, 5) is 14.7. The zero-order chi connectivity index (χ0) is 14.5. The first-order chi connectivity index (χ1) is 9.72. The summed E-state index contributed by atoms with van der Waals surface area (Å²) >= 11 is 1.81. The van der Waals surface area contributed by atoms with E-state index >= 15 is 0 Å². The lowest BCUT2D eigenvalue weighted by Gasteiger charge is -2.32. The lowest BCUT2D eigenvalue weighted by molar-refractivity contribution is -0.132. The largest absolute Gasteiger partial charge is 0.318 e. The van der Waals surface area contributed by atoms with Gasteiger partial charge in [-0.05, 0) is 24.7 Å². The normalized spacial score (nSPS) is 24.1. The van der Waals surface area contributed by atoms with E-state index in [-0.39, 0.29) is 18.1 Å². The van der Waals surface area contributed by atoms with E-state index in [1.165, 1.54) is 5.56 Å². The van der Waals surface area contributed by atoms with Gasteiger partial charge in [0.25, 0.3) is 0 Å². The van der Waals surface area contributed by atoms with Crippen LogP contribution in [0.1, 0.15) is 38.4 Å². The molecule has 1 aromatic carbocycles. The van der Waals surface area contributed by atoms with Crippen LogP contribution in [0.5, 0.6) is 0 Å². The molecule has 1 saturated heterocycles. The van der Waals surface area contributed by atoms with Crippen molar-refractivity contribution in [1.82, 2.24) is 10.2 Å². The Balaban J connectivity index is 2.30. The summed E-state index contributed by atoms with van der Waals surface area (Å²) in [5.74, 6) is 1.24. The first kappa shape index (κ1) is 15.4. The summed E-state index contributed by atoms with van der Waals surface area (Å²) in [7, 11) is 0. The van der Waals surface area contributed by atoms with Gasteiger partial charge in [0, 0.05) is 11.8 Å². The Morgan fingerprint density at radius 1 is 1.30 bits per heavy atom. The quantitative estimate of drug-likeness (QED) is 0.874. The second kappa shape index (κ2) is 7.14. The highest BCUT2D eigenvalue weighted by atomic mass is 32.2. The summed E-state index contributed by atoms with van der Waals surface area (Å²) in [6.45, 7) is 4.23. The van der Waals surface area contributed by atoms with Crippen LogP contribution < -0.4 is 5.32 Å². The van der Waals surface area contributed by atoms with Gasteiger partial charge >= 0.3 is 0 Å². The Labute approximate surface area is 126 Å². The second-order valence-corrected chi connectivity index (χ2v) is 6.11. The third-order valence-electron chi connectivity index (χ3n) is 3.94. The molecule has 1 N–H and O–H groups in total. The predicted molar refractivity (Wildman–Crippen MR) is 85.7 cm³/mol. The Morgan fingerprint density at radius 3 is 2.55 bits per heavy atom. The summed E-state index contributed by atoms with van der Waals surface area (Å²) in [5.41, 5.74) is 1.18. The molecule has 0 radical (unpaired) electrons. The van der Waals surface area contributed by atoms with Gasteiger partial charge in [0.05, 0.1) is 6.04 Å². The van der Waals surface area contributed by atoms with Crippen molar-refractivity contribution >= 4 is 17.7 Å². The third-order valence-corrected chi connectivity index (χ3v) is 4.66. The maximum atomic E-state index is 12.6. The van der Waals surface area contributed by atoms with E-state index in [9.17, 15) is 4.79 Å². The fourth-order valence-electron chi connectivity index (χ4n) is 2.81. The molecule has 1 aliphatic heterocycles. The molecule has 1 aliphatic rings. The molecule has 0 aliphatic carbocycles. The maximum absolute atomic E-state index is 12.6. The van der Waals surface area contributed by atoms with Crippen molar-refractivity contribution in [2.75, 3.05) is 12.0 Å². The number of carbonyl (C=O) groups excluding carboxylic acids is 1. The van der Waals surface area contributed by atoms with Crippen LogP contribution in [0.25, 0.3) is 0 Å². The summed E-state index contributed by atoms with van der Waals surface area (Å²) in [6, 6.07) is 10.5. The minimum absolute atomic E-state index is 0.0192. The fourth-order valence-corrected chi connectivity index (χ4v) is 3.59. The molecule has 3 nitrogen and oxygen atoms in total. The maximum Gasteiger partial charge on any atom is 0.241 e. The number of hydrogen-bond acceptors (Lipinski definition) is 3. The van der Waals surface area contributed by atoms with Crippen molar-refractivity contribution in [2.24, 2.45) is 0 Å². The van der Waals surface area contributed by atoms with Gasteiger partial charge in [-0.3, -0.25) is 10.1 Å². The van der Waals surface area contributed by atoms with Crippen LogP contribution in [-0.4, -0.2) is 34.9 Å². The Bertz CT molecular complexity index is 437. The third kappa shape index (κ3) is 3.01. The minimum atomic E-state index is -0.0453. The number of hydrogen-bond donors (Lipinski definition) is 1. The number of benzene rings is 1. The average Bonchev–Trinajstić information content (AvgIpc) is 2.82. The molecule has 110 valence electrons.